The number of rotatable bonds is 16. The van der Waals surface area contributed by atoms with Crippen LogP contribution >= 0.6 is 0 Å². The van der Waals surface area contributed by atoms with Crippen molar-refractivity contribution >= 4 is 16.9 Å². The fourth-order valence-electron chi connectivity index (χ4n) is 4.23. The van der Waals surface area contributed by atoms with E-state index in [0.717, 1.165) is 50.1 Å². The van der Waals surface area contributed by atoms with Crippen LogP contribution in [0.15, 0.2) is 24.3 Å². The van der Waals surface area contributed by atoms with E-state index in [-0.39, 0.29) is 11.8 Å². The average molecular weight is 414 g/mol. The molecular formula is C26H43N3O. The summed E-state index contributed by atoms with van der Waals surface area (Å²) >= 11 is 0. The lowest BCUT2D eigenvalue weighted by Crippen LogP contribution is -2.31. The van der Waals surface area contributed by atoms with E-state index in [1.807, 2.05) is 0 Å². The van der Waals surface area contributed by atoms with Crippen LogP contribution in [-0.4, -0.2) is 22.0 Å². The molecule has 1 aromatic carbocycles. The third kappa shape index (κ3) is 7.77. The van der Waals surface area contributed by atoms with Crippen LogP contribution in [-0.2, 0) is 17.8 Å². The van der Waals surface area contributed by atoms with Gasteiger partial charge in [-0.05, 0) is 37.8 Å². The Labute approximate surface area is 183 Å². The molecule has 4 nitrogen and oxygen atoms in total. The second-order valence-corrected chi connectivity index (χ2v) is 8.55. The van der Waals surface area contributed by atoms with Crippen LogP contribution < -0.4 is 5.32 Å². The third-order valence-electron chi connectivity index (χ3n) is 6.20. The highest BCUT2D eigenvalue weighted by Gasteiger charge is 2.14. The Kier molecular flexibility index (Phi) is 11.6. The molecule has 0 bridgehead atoms. The fraction of sp³-hybridized carbons (Fsp3) is 0.692. The number of hydrogen-bond acceptors (Lipinski definition) is 2. The molecule has 1 amide bonds. The largest absolute Gasteiger partial charge is 0.356 e. The minimum atomic E-state index is 0.150. The Morgan fingerprint density at radius 1 is 0.933 bits per heavy atom. The SMILES string of the molecule is CCCCCCCCCCn1c(CCCNC(=O)C(CC)CC)nc2ccccc21. The molecule has 0 aliphatic rings. The van der Waals surface area contributed by atoms with Gasteiger partial charge in [0.05, 0.1) is 11.0 Å². The van der Waals surface area contributed by atoms with E-state index in [1.165, 1.54) is 56.9 Å². The highest BCUT2D eigenvalue weighted by Crippen LogP contribution is 2.19. The lowest BCUT2D eigenvalue weighted by atomic mass is 10.0. The van der Waals surface area contributed by atoms with E-state index in [4.69, 9.17) is 4.98 Å². The first-order valence-electron chi connectivity index (χ1n) is 12.4. The van der Waals surface area contributed by atoms with Crippen LogP contribution in [0.4, 0.5) is 0 Å². The number of fused-ring (bicyclic) bond motifs is 1. The lowest BCUT2D eigenvalue weighted by Gasteiger charge is -2.13. The van der Waals surface area contributed by atoms with Gasteiger partial charge in [0.15, 0.2) is 0 Å². The first-order chi connectivity index (χ1) is 14.7. The molecule has 0 saturated heterocycles. The van der Waals surface area contributed by atoms with Gasteiger partial charge >= 0.3 is 0 Å². The molecule has 30 heavy (non-hydrogen) atoms. The van der Waals surface area contributed by atoms with Gasteiger partial charge in [-0.15, -0.1) is 0 Å². The molecule has 0 aliphatic heterocycles. The Morgan fingerprint density at radius 2 is 1.60 bits per heavy atom. The smallest absolute Gasteiger partial charge is 0.223 e. The number of carbonyl (C=O) groups is 1. The van der Waals surface area contributed by atoms with E-state index < -0.39 is 0 Å². The van der Waals surface area contributed by atoms with Crippen molar-refractivity contribution in [2.45, 2.75) is 104 Å². The van der Waals surface area contributed by atoms with Crippen molar-refractivity contribution < 1.29 is 4.79 Å². The predicted octanol–water partition coefficient (Wildman–Crippen LogP) is 6.66. The third-order valence-corrected chi connectivity index (χ3v) is 6.20. The standard InChI is InChI=1S/C26H43N3O/c1-4-7-8-9-10-11-12-15-21-29-24-18-14-13-17-23(24)28-25(29)19-16-20-27-26(30)22(5-2)6-3/h13-14,17-18,22H,4-12,15-16,19-21H2,1-3H3,(H,27,30). The molecule has 2 rings (SSSR count). The molecule has 0 radical (unpaired) electrons. The molecule has 1 heterocycles. The number of nitrogens with one attached hydrogen (secondary N) is 1. The normalized spacial score (nSPS) is 11.5. The second-order valence-electron chi connectivity index (χ2n) is 8.55. The Morgan fingerprint density at radius 3 is 2.30 bits per heavy atom. The van der Waals surface area contributed by atoms with Crippen LogP contribution in [0.5, 0.6) is 0 Å². The highest BCUT2D eigenvalue weighted by atomic mass is 16.1. The van der Waals surface area contributed by atoms with Crippen molar-refractivity contribution in [3.63, 3.8) is 0 Å². The maximum atomic E-state index is 12.2. The minimum absolute atomic E-state index is 0.150. The Bertz CT molecular complexity index is 733. The molecule has 2 aromatic rings. The number of unbranched alkanes of at least 4 members (excludes halogenated alkanes) is 7. The van der Waals surface area contributed by atoms with Crippen LogP contribution in [0.1, 0.15) is 97.2 Å². The van der Waals surface area contributed by atoms with Crippen LogP contribution in [0.3, 0.4) is 0 Å². The lowest BCUT2D eigenvalue weighted by molar-refractivity contribution is -0.125. The van der Waals surface area contributed by atoms with Gasteiger partial charge in [-0.1, -0.05) is 77.8 Å². The zero-order valence-corrected chi connectivity index (χ0v) is 19.6. The van der Waals surface area contributed by atoms with Crippen molar-refractivity contribution in [1.29, 1.82) is 0 Å². The van der Waals surface area contributed by atoms with Crippen molar-refractivity contribution in [2.75, 3.05) is 6.54 Å². The highest BCUT2D eigenvalue weighted by molar-refractivity contribution is 5.78. The number of imidazole rings is 1. The van der Waals surface area contributed by atoms with Crippen molar-refractivity contribution in [3.05, 3.63) is 30.1 Å². The maximum Gasteiger partial charge on any atom is 0.223 e. The molecule has 0 saturated carbocycles. The van der Waals surface area contributed by atoms with Crippen LogP contribution in [0.25, 0.3) is 11.0 Å². The van der Waals surface area contributed by atoms with E-state index in [9.17, 15) is 4.79 Å². The summed E-state index contributed by atoms with van der Waals surface area (Å²) < 4.78 is 2.41. The Hall–Kier alpha value is -1.84. The number of nitrogens with zero attached hydrogens (tertiary/aromatic N) is 2. The van der Waals surface area contributed by atoms with E-state index in [1.54, 1.807) is 0 Å². The van der Waals surface area contributed by atoms with E-state index in [0.29, 0.717) is 0 Å². The summed E-state index contributed by atoms with van der Waals surface area (Å²) in [4.78, 5) is 17.1. The Balaban J connectivity index is 1.83. The van der Waals surface area contributed by atoms with Gasteiger partial charge < -0.3 is 9.88 Å². The van der Waals surface area contributed by atoms with Gasteiger partial charge in [-0.3, -0.25) is 4.79 Å². The number of benzene rings is 1. The van der Waals surface area contributed by atoms with Crippen molar-refractivity contribution in [2.24, 2.45) is 5.92 Å². The van der Waals surface area contributed by atoms with Crippen LogP contribution in [0, 0.1) is 5.92 Å². The molecule has 0 unspecified atom stereocenters. The second kappa shape index (κ2) is 14.2. The van der Waals surface area contributed by atoms with Gasteiger partial charge in [0.1, 0.15) is 5.82 Å². The molecule has 4 heteroatoms. The van der Waals surface area contributed by atoms with Gasteiger partial charge in [0.25, 0.3) is 0 Å². The average Bonchev–Trinajstić information content (AvgIpc) is 3.11. The summed E-state index contributed by atoms with van der Waals surface area (Å²) in [5.41, 5.74) is 2.34. The van der Waals surface area contributed by atoms with Gasteiger partial charge in [0, 0.05) is 25.4 Å². The molecule has 0 aliphatic carbocycles. The minimum Gasteiger partial charge on any atom is -0.356 e. The molecule has 1 N–H and O–H groups in total. The molecular weight excluding hydrogens is 370 g/mol. The van der Waals surface area contributed by atoms with E-state index in [2.05, 4.69) is 54.9 Å². The summed E-state index contributed by atoms with van der Waals surface area (Å²) in [6, 6.07) is 8.47. The fourth-order valence-corrected chi connectivity index (χ4v) is 4.23. The number of amides is 1. The molecule has 0 spiro atoms. The van der Waals surface area contributed by atoms with Gasteiger partial charge in [-0.25, -0.2) is 4.98 Å². The number of hydrogen-bond donors (Lipinski definition) is 1. The number of aryl methyl sites for hydroxylation is 2. The van der Waals surface area contributed by atoms with Crippen LogP contribution in [0.2, 0.25) is 0 Å². The molecule has 168 valence electrons. The van der Waals surface area contributed by atoms with Gasteiger partial charge in [-0.2, -0.15) is 0 Å². The quantitative estimate of drug-likeness (QED) is 0.313. The summed E-state index contributed by atoms with van der Waals surface area (Å²) in [6.07, 6.45) is 14.4. The van der Waals surface area contributed by atoms with Gasteiger partial charge in [0.2, 0.25) is 5.91 Å². The monoisotopic (exact) mass is 413 g/mol. The molecule has 0 fully saturated rings. The number of carbonyl (C=O) groups excluding carboxylic acids is 1. The summed E-state index contributed by atoms with van der Waals surface area (Å²) in [5, 5.41) is 3.11. The zero-order chi connectivity index (χ0) is 21.6. The summed E-state index contributed by atoms with van der Waals surface area (Å²) in [5.74, 6) is 1.51. The molecule has 1 aromatic heterocycles. The topological polar surface area (TPSA) is 46.9 Å². The van der Waals surface area contributed by atoms with Crippen molar-refractivity contribution in [3.8, 4) is 0 Å². The maximum absolute atomic E-state index is 12.2. The number of aromatic nitrogens is 2. The number of para-hydroxylation sites is 2. The first-order valence-corrected chi connectivity index (χ1v) is 12.4. The van der Waals surface area contributed by atoms with Crippen molar-refractivity contribution in [1.82, 2.24) is 14.9 Å². The van der Waals surface area contributed by atoms with E-state index >= 15 is 0 Å². The first kappa shape index (κ1) is 24.4. The summed E-state index contributed by atoms with van der Waals surface area (Å²) in [7, 11) is 0. The zero-order valence-electron chi connectivity index (χ0n) is 19.6. The summed E-state index contributed by atoms with van der Waals surface area (Å²) in [6.45, 7) is 8.22. The predicted molar refractivity (Wildman–Crippen MR) is 128 cm³/mol. The molecule has 0 atom stereocenters.